The number of rotatable bonds is 2. The third kappa shape index (κ3) is 4.25. The molecule has 0 saturated heterocycles. The molecule has 7 rings (SSSR count). The number of aryl methyl sites for hydroxylation is 2. The van der Waals surface area contributed by atoms with E-state index < -0.39 is 28.9 Å². The maximum absolute atomic E-state index is 13.5. The molecule has 0 aliphatic carbocycles. The van der Waals surface area contributed by atoms with Crippen LogP contribution in [-0.4, -0.2) is 0 Å². The first-order chi connectivity index (χ1) is 20.2. The molecule has 214 valence electrons. The van der Waals surface area contributed by atoms with Crippen LogP contribution in [0, 0.1) is 13.8 Å². The molecule has 6 aromatic carbocycles. The zero-order valence-corrected chi connectivity index (χ0v) is 23.2. The molecule has 0 saturated carbocycles. The molecule has 1 aromatic heterocycles. The van der Waals surface area contributed by atoms with Gasteiger partial charge in [-0.15, -0.1) is 11.3 Å². The van der Waals surface area contributed by atoms with Gasteiger partial charge in [0.05, 0.1) is 20.5 Å². The van der Waals surface area contributed by atoms with Crippen molar-refractivity contribution in [1.29, 1.82) is 0 Å². The molecule has 0 aliphatic heterocycles. The number of halogens is 6. The average molecular weight is 605 g/mol. The Hall–Kier alpha value is -4.50. The Labute approximate surface area is 243 Å². The number of fused-ring (bicyclic) bond motifs is 7. The Morgan fingerprint density at radius 1 is 0.488 bits per heavy atom. The Bertz CT molecular complexity index is 2330. The lowest BCUT2D eigenvalue weighted by atomic mass is 9.97. The average Bonchev–Trinajstić information content (AvgIpc) is 3.54. The van der Waals surface area contributed by atoms with Crippen LogP contribution in [0.3, 0.4) is 0 Å². The highest BCUT2D eigenvalue weighted by Crippen LogP contribution is 2.43. The smallest absolute Gasteiger partial charge is 0.288 e. The summed E-state index contributed by atoms with van der Waals surface area (Å²) < 4.78 is 81.5. The van der Waals surface area contributed by atoms with Gasteiger partial charge in [0.15, 0.2) is 0 Å². The lowest BCUT2D eigenvalue weighted by molar-refractivity contribution is -0.143. The van der Waals surface area contributed by atoms with Gasteiger partial charge in [-0.1, -0.05) is 53.6 Å². The van der Waals surface area contributed by atoms with Gasteiger partial charge in [0.2, 0.25) is 10.9 Å². The molecule has 0 unspecified atom stereocenters. The Kier molecular flexibility index (Phi) is 5.72. The summed E-state index contributed by atoms with van der Waals surface area (Å²) in [5, 5.41) is 3.05. The maximum Gasteiger partial charge on any atom is 0.416 e. The minimum absolute atomic E-state index is 0.0464. The highest BCUT2D eigenvalue weighted by Gasteiger charge is 2.37. The molecular weight excluding hydrogens is 586 g/mol. The fourth-order valence-corrected chi connectivity index (χ4v) is 7.27. The third-order valence-corrected chi connectivity index (χ3v) is 9.05. The van der Waals surface area contributed by atoms with Gasteiger partial charge in [-0.3, -0.25) is 9.59 Å². The molecule has 0 aliphatic rings. The molecule has 2 nitrogen and oxygen atoms in total. The van der Waals surface area contributed by atoms with Gasteiger partial charge in [0, 0.05) is 21.5 Å². The van der Waals surface area contributed by atoms with Crippen molar-refractivity contribution < 1.29 is 26.3 Å². The van der Waals surface area contributed by atoms with Crippen LogP contribution in [-0.2, 0) is 12.4 Å². The lowest BCUT2D eigenvalue weighted by Crippen LogP contribution is -2.11. The predicted molar refractivity (Wildman–Crippen MR) is 160 cm³/mol. The van der Waals surface area contributed by atoms with E-state index in [9.17, 15) is 35.9 Å². The summed E-state index contributed by atoms with van der Waals surface area (Å²) >= 11 is 1.06. The van der Waals surface area contributed by atoms with Gasteiger partial charge >= 0.3 is 12.4 Å². The molecule has 43 heavy (non-hydrogen) atoms. The maximum atomic E-state index is 13.5. The van der Waals surface area contributed by atoms with E-state index in [-0.39, 0.29) is 28.0 Å². The second-order valence-corrected chi connectivity index (χ2v) is 11.9. The quantitative estimate of drug-likeness (QED) is 0.184. The standard InChI is InChI=1S/C34H18F6O2S/c1-15-7-16(2)9-19(8-15)17-3-5-23-25(12-17)29(41)31-27(23)28-24-6-4-18(13-26(24)30(42)32(28)43-31)20-10-21(33(35,36)37)14-22(11-20)34(38,39)40/h3-14H,1-2H3. The summed E-state index contributed by atoms with van der Waals surface area (Å²) in [5.41, 5.74) is 0.299. The van der Waals surface area contributed by atoms with Crippen LogP contribution in [0.4, 0.5) is 26.3 Å². The van der Waals surface area contributed by atoms with Gasteiger partial charge in [0.25, 0.3) is 0 Å². The summed E-state index contributed by atoms with van der Waals surface area (Å²) in [5.74, 6) is 0. The first-order valence-corrected chi connectivity index (χ1v) is 14.0. The largest absolute Gasteiger partial charge is 0.416 e. The van der Waals surface area contributed by atoms with Crippen LogP contribution < -0.4 is 10.9 Å². The van der Waals surface area contributed by atoms with Gasteiger partial charge in [-0.05, 0) is 77.2 Å². The Morgan fingerprint density at radius 3 is 1.33 bits per heavy atom. The zero-order valence-electron chi connectivity index (χ0n) is 22.4. The van der Waals surface area contributed by atoms with Gasteiger partial charge in [-0.2, -0.15) is 26.3 Å². The first kappa shape index (κ1) is 27.3. The van der Waals surface area contributed by atoms with E-state index in [0.717, 1.165) is 33.6 Å². The Morgan fingerprint density at radius 2 is 0.907 bits per heavy atom. The normalized spacial score (nSPS) is 12.8. The van der Waals surface area contributed by atoms with E-state index in [1.807, 2.05) is 44.2 Å². The van der Waals surface area contributed by atoms with Crippen LogP contribution in [0.15, 0.2) is 82.4 Å². The van der Waals surface area contributed by atoms with Crippen molar-refractivity contribution in [2.45, 2.75) is 26.2 Å². The minimum atomic E-state index is -4.99. The third-order valence-electron chi connectivity index (χ3n) is 7.86. The van der Waals surface area contributed by atoms with Crippen molar-refractivity contribution in [2.75, 3.05) is 0 Å². The second kappa shape index (κ2) is 9.00. The molecule has 0 N–H and O–H groups in total. The van der Waals surface area contributed by atoms with Crippen LogP contribution in [0.1, 0.15) is 22.3 Å². The lowest BCUT2D eigenvalue weighted by Gasteiger charge is -2.14. The summed E-state index contributed by atoms with van der Waals surface area (Å²) in [6, 6.07) is 17.4. The fraction of sp³-hybridized carbons (Fsp3) is 0.118. The fourth-order valence-electron chi connectivity index (χ4n) is 6.03. The molecule has 0 spiro atoms. The number of thiophene rings is 1. The van der Waals surface area contributed by atoms with E-state index >= 15 is 0 Å². The topological polar surface area (TPSA) is 34.1 Å². The number of hydrogen-bond donors (Lipinski definition) is 0. The predicted octanol–water partition coefficient (Wildman–Crippen LogP) is 9.95. The van der Waals surface area contributed by atoms with E-state index in [2.05, 4.69) is 6.07 Å². The van der Waals surface area contributed by atoms with E-state index in [1.54, 1.807) is 0 Å². The summed E-state index contributed by atoms with van der Waals surface area (Å²) in [6.07, 6.45) is -9.99. The summed E-state index contributed by atoms with van der Waals surface area (Å²) in [6.45, 7) is 4.00. The molecule has 0 fully saturated rings. The molecular formula is C34H18F6O2S. The van der Waals surface area contributed by atoms with Crippen LogP contribution in [0.25, 0.3) is 64.0 Å². The summed E-state index contributed by atoms with van der Waals surface area (Å²) in [7, 11) is 0. The number of benzene rings is 4. The van der Waals surface area contributed by atoms with Gasteiger partial charge in [0.1, 0.15) is 0 Å². The van der Waals surface area contributed by atoms with Crippen molar-refractivity contribution in [1.82, 2.24) is 0 Å². The van der Waals surface area contributed by atoms with E-state index in [4.69, 9.17) is 0 Å². The van der Waals surface area contributed by atoms with Crippen molar-refractivity contribution in [3.63, 3.8) is 0 Å². The highest BCUT2D eigenvalue weighted by atomic mass is 32.1. The van der Waals surface area contributed by atoms with Crippen LogP contribution in [0.2, 0.25) is 0 Å². The molecule has 0 bridgehead atoms. The highest BCUT2D eigenvalue weighted by molar-refractivity contribution is 7.26. The van der Waals surface area contributed by atoms with E-state index in [1.165, 1.54) is 18.2 Å². The second-order valence-electron chi connectivity index (χ2n) is 10.9. The van der Waals surface area contributed by atoms with E-state index in [0.29, 0.717) is 48.5 Å². The molecule has 0 radical (unpaired) electrons. The van der Waals surface area contributed by atoms with Crippen molar-refractivity contribution in [3.05, 3.63) is 115 Å². The molecule has 0 amide bonds. The SMILES string of the molecule is Cc1cc(C)cc(-c2ccc3c(c2)c(=O)c2sc4c(=O)c5cc(-c6cc(C(F)(F)F)cc(C(F)(F)F)c6)ccc5c4c23)c1. The van der Waals surface area contributed by atoms with Gasteiger partial charge in [-0.25, -0.2) is 0 Å². The van der Waals surface area contributed by atoms with Crippen molar-refractivity contribution in [2.24, 2.45) is 0 Å². The van der Waals surface area contributed by atoms with Crippen LogP contribution in [0.5, 0.6) is 0 Å². The molecule has 1 heterocycles. The monoisotopic (exact) mass is 604 g/mol. The van der Waals surface area contributed by atoms with Crippen molar-refractivity contribution >= 4 is 53.1 Å². The van der Waals surface area contributed by atoms with Crippen molar-refractivity contribution in [3.8, 4) is 22.3 Å². The Balaban J connectivity index is 1.44. The number of hydrogen-bond acceptors (Lipinski definition) is 3. The number of alkyl halides is 6. The first-order valence-electron chi connectivity index (χ1n) is 13.1. The zero-order chi connectivity index (χ0) is 30.6. The molecule has 9 heteroatoms. The molecule has 7 aromatic rings. The minimum Gasteiger partial charge on any atom is -0.288 e. The summed E-state index contributed by atoms with van der Waals surface area (Å²) in [4.78, 5) is 27.0. The van der Waals surface area contributed by atoms with Gasteiger partial charge < -0.3 is 0 Å². The van der Waals surface area contributed by atoms with Crippen LogP contribution >= 0.6 is 11.3 Å². The molecule has 0 atom stereocenters.